The van der Waals surface area contributed by atoms with Crippen molar-refractivity contribution in [1.82, 2.24) is 10.0 Å². The Labute approximate surface area is 178 Å². The molecule has 0 aromatic heterocycles. The number of carbonyl (C=O) groups is 1. The molecule has 1 atom stereocenters. The molecule has 0 spiro atoms. The molecule has 2 aromatic carbocycles. The molecule has 0 aliphatic carbocycles. The van der Waals surface area contributed by atoms with Gasteiger partial charge in [-0.2, -0.15) is 9.82 Å². The predicted molar refractivity (Wildman–Crippen MR) is 117 cm³/mol. The third-order valence-corrected chi connectivity index (χ3v) is 6.70. The minimum atomic E-state index is -3.80. The molecule has 3 rings (SSSR count). The molecule has 0 fully saturated rings. The number of sulfonamides is 1. The monoisotopic (exact) mass is 450 g/mol. The van der Waals surface area contributed by atoms with E-state index < -0.39 is 22.0 Å². The lowest BCUT2D eigenvalue weighted by molar-refractivity contribution is -0.121. The van der Waals surface area contributed by atoms with Crippen LogP contribution >= 0.6 is 23.4 Å². The number of nitrogens with one attached hydrogen (secondary N) is 2. The second-order valence-electron chi connectivity index (χ2n) is 6.13. The maximum absolute atomic E-state index is 12.5. The van der Waals surface area contributed by atoms with Crippen LogP contribution in [-0.2, 0) is 14.8 Å². The van der Waals surface area contributed by atoms with E-state index in [2.05, 4.69) is 20.2 Å². The van der Waals surface area contributed by atoms with E-state index in [-0.39, 0.29) is 11.3 Å². The maximum Gasteiger partial charge on any atom is 0.244 e. The van der Waals surface area contributed by atoms with Gasteiger partial charge in [0.05, 0.1) is 10.6 Å². The molecule has 1 aliphatic rings. The van der Waals surface area contributed by atoms with Crippen LogP contribution in [0.1, 0.15) is 18.9 Å². The molecule has 1 aliphatic heterocycles. The van der Waals surface area contributed by atoms with Crippen LogP contribution in [-0.4, -0.2) is 37.0 Å². The molecule has 2 N–H and O–H groups in total. The number of hydrogen-bond donors (Lipinski definition) is 2. The number of carbonyl (C=O) groups excluding carboxylic acids is 1. The van der Waals surface area contributed by atoms with Gasteiger partial charge in [-0.25, -0.2) is 8.42 Å². The molecule has 0 radical (unpaired) electrons. The van der Waals surface area contributed by atoms with Crippen molar-refractivity contribution in [2.24, 2.45) is 10.2 Å². The quantitative estimate of drug-likeness (QED) is 0.706. The molecule has 10 heteroatoms. The first-order valence-electron chi connectivity index (χ1n) is 8.80. The molecule has 0 unspecified atom stereocenters. The van der Waals surface area contributed by atoms with Gasteiger partial charge in [0.15, 0.2) is 5.17 Å². The van der Waals surface area contributed by atoms with Crippen molar-refractivity contribution >= 4 is 50.2 Å². The summed E-state index contributed by atoms with van der Waals surface area (Å²) in [6, 6.07) is 14.2. The molecule has 0 saturated heterocycles. The Kier molecular flexibility index (Phi) is 7.07. The Morgan fingerprint density at radius 1 is 1.14 bits per heavy atom. The summed E-state index contributed by atoms with van der Waals surface area (Å²) in [7, 11) is -3.80. The Morgan fingerprint density at radius 3 is 2.41 bits per heavy atom. The highest BCUT2D eigenvalue weighted by Crippen LogP contribution is 2.17. The van der Waals surface area contributed by atoms with E-state index in [1.807, 2.05) is 12.1 Å². The van der Waals surface area contributed by atoms with Gasteiger partial charge >= 0.3 is 0 Å². The summed E-state index contributed by atoms with van der Waals surface area (Å²) in [6.45, 7) is 1.73. The van der Waals surface area contributed by atoms with Crippen molar-refractivity contribution in [3.05, 3.63) is 65.2 Å². The van der Waals surface area contributed by atoms with Crippen LogP contribution in [0.3, 0.4) is 0 Å². The van der Waals surface area contributed by atoms with E-state index in [1.54, 1.807) is 37.3 Å². The molecule has 152 valence electrons. The smallest absolute Gasteiger partial charge is 0.244 e. The van der Waals surface area contributed by atoms with Gasteiger partial charge < -0.3 is 5.32 Å². The largest absolute Gasteiger partial charge is 0.302 e. The highest BCUT2D eigenvalue weighted by Gasteiger charge is 2.26. The number of halogens is 1. The zero-order chi connectivity index (χ0) is 20.9. The SMILES string of the molecule is CC[C@@H](NS(=O)(=O)c1ccccc1)C(=O)NC1=NN=C(c2ccc(Cl)cc2)CS1. The summed E-state index contributed by atoms with van der Waals surface area (Å²) in [4.78, 5) is 12.6. The fourth-order valence-electron chi connectivity index (χ4n) is 2.51. The summed E-state index contributed by atoms with van der Waals surface area (Å²) in [5.74, 6) is 0.0381. The zero-order valence-electron chi connectivity index (χ0n) is 15.5. The Balaban J connectivity index is 1.66. The Morgan fingerprint density at radius 2 is 1.83 bits per heavy atom. The standard InChI is InChI=1S/C19H19ClN4O3S2/c1-2-16(24-29(26,27)15-6-4-3-5-7-15)18(25)21-19-23-22-17(12-28-19)13-8-10-14(20)11-9-13/h3-11,16,24H,2,12H2,1H3,(H,21,23,25)/t16-/m1/s1. The number of amidine groups is 1. The van der Waals surface area contributed by atoms with E-state index in [1.165, 1.54) is 23.9 Å². The first-order chi connectivity index (χ1) is 13.9. The van der Waals surface area contributed by atoms with Gasteiger partial charge in [0.25, 0.3) is 0 Å². The van der Waals surface area contributed by atoms with Crippen molar-refractivity contribution < 1.29 is 13.2 Å². The predicted octanol–water partition coefficient (Wildman–Crippen LogP) is 3.02. The average Bonchev–Trinajstić information content (AvgIpc) is 2.74. The lowest BCUT2D eigenvalue weighted by Crippen LogP contribution is -2.47. The molecule has 2 aromatic rings. The molecular formula is C19H19ClN4O3S2. The van der Waals surface area contributed by atoms with E-state index in [9.17, 15) is 13.2 Å². The second kappa shape index (κ2) is 9.53. The van der Waals surface area contributed by atoms with Gasteiger partial charge in [-0.1, -0.05) is 60.6 Å². The summed E-state index contributed by atoms with van der Waals surface area (Å²) in [5.41, 5.74) is 1.67. The third-order valence-electron chi connectivity index (χ3n) is 4.09. The van der Waals surface area contributed by atoms with Crippen LogP contribution in [0, 0.1) is 0 Å². The summed E-state index contributed by atoms with van der Waals surface area (Å²) >= 11 is 7.21. The highest BCUT2D eigenvalue weighted by atomic mass is 35.5. The topological polar surface area (TPSA) is 100.0 Å². The van der Waals surface area contributed by atoms with Crippen LogP contribution in [0.25, 0.3) is 0 Å². The number of benzene rings is 2. The van der Waals surface area contributed by atoms with Crippen molar-refractivity contribution in [2.45, 2.75) is 24.3 Å². The number of thioether (sulfide) groups is 1. The molecule has 7 nitrogen and oxygen atoms in total. The minimum Gasteiger partial charge on any atom is -0.302 e. The summed E-state index contributed by atoms with van der Waals surface area (Å²) < 4.78 is 27.4. The fraction of sp³-hybridized carbons (Fsp3) is 0.211. The van der Waals surface area contributed by atoms with E-state index in [4.69, 9.17) is 11.6 Å². The van der Waals surface area contributed by atoms with E-state index >= 15 is 0 Å². The van der Waals surface area contributed by atoms with Crippen LogP contribution in [0.2, 0.25) is 5.02 Å². The van der Waals surface area contributed by atoms with Crippen LogP contribution < -0.4 is 10.0 Å². The van der Waals surface area contributed by atoms with Gasteiger partial charge in [0.1, 0.15) is 6.04 Å². The molecular weight excluding hydrogens is 432 g/mol. The third kappa shape index (κ3) is 5.66. The Hall–Kier alpha value is -2.20. The Bertz CT molecular complexity index is 1040. The van der Waals surface area contributed by atoms with E-state index in [0.29, 0.717) is 15.9 Å². The highest BCUT2D eigenvalue weighted by molar-refractivity contribution is 8.14. The van der Waals surface area contributed by atoms with Crippen molar-refractivity contribution in [3.8, 4) is 0 Å². The van der Waals surface area contributed by atoms with Crippen molar-refractivity contribution in [3.63, 3.8) is 0 Å². The molecule has 1 heterocycles. The van der Waals surface area contributed by atoms with Crippen molar-refractivity contribution in [1.29, 1.82) is 0 Å². The average molecular weight is 451 g/mol. The first-order valence-corrected chi connectivity index (χ1v) is 11.6. The van der Waals surface area contributed by atoms with Crippen molar-refractivity contribution in [2.75, 3.05) is 5.75 Å². The lowest BCUT2D eigenvalue weighted by Gasteiger charge is -2.18. The molecule has 1 amide bonds. The second-order valence-corrected chi connectivity index (χ2v) is 9.25. The minimum absolute atomic E-state index is 0.104. The molecule has 29 heavy (non-hydrogen) atoms. The fourth-order valence-corrected chi connectivity index (χ4v) is 4.71. The number of rotatable bonds is 6. The first kappa shape index (κ1) is 21.5. The number of hydrogen-bond acceptors (Lipinski definition) is 6. The number of nitrogens with zero attached hydrogens (tertiary/aromatic N) is 2. The van der Waals surface area contributed by atoms with Crippen LogP contribution in [0.5, 0.6) is 0 Å². The van der Waals surface area contributed by atoms with Crippen LogP contribution in [0.4, 0.5) is 0 Å². The summed E-state index contributed by atoms with van der Waals surface area (Å²) in [5, 5.41) is 11.8. The van der Waals surface area contributed by atoms with E-state index in [0.717, 1.165) is 11.3 Å². The maximum atomic E-state index is 12.5. The normalized spacial score (nSPS) is 15.2. The van der Waals surface area contributed by atoms with Crippen LogP contribution in [0.15, 0.2) is 69.7 Å². The molecule has 0 bridgehead atoms. The lowest BCUT2D eigenvalue weighted by atomic mass is 10.1. The summed E-state index contributed by atoms with van der Waals surface area (Å²) in [6.07, 6.45) is 0.287. The van der Waals surface area contributed by atoms with Gasteiger partial charge in [-0.15, -0.1) is 5.10 Å². The molecule has 0 saturated carbocycles. The number of amides is 1. The zero-order valence-corrected chi connectivity index (χ0v) is 17.9. The van der Waals surface area contributed by atoms with Gasteiger partial charge in [0.2, 0.25) is 15.9 Å². The van der Waals surface area contributed by atoms with Gasteiger partial charge in [-0.3, -0.25) is 4.79 Å². The van der Waals surface area contributed by atoms with Gasteiger partial charge in [-0.05, 0) is 36.2 Å². The van der Waals surface area contributed by atoms with Gasteiger partial charge in [0, 0.05) is 10.8 Å².